The van der Waals surface area contributed by atoms with E-state index in [0.29, 0.717) is 17.7 Å². The summed E-state index contributed by atoms with van der Waals surface area (Å²) in [6, 6.07) is 12.4. The van der Waals surface area contributed by atoms with E-state index in [4.69, 9.17) is 9.47 Å². The summed E-state index contributed by atoms with van der Waals surface area (Å²) in [5, 5.41) is 2.30. The monoisotopic (exact) mass is 511 g/mol. The van der Waals surface area contributed by atoms with E-state index in [2.05, 4.69) is 31.9 Å². The number of fused-ring (bicyclic) bond motifs is 3. The molecular formula is C31H46FNO2Si. The fourth-order valence-corrected chi connectivity index (χ4v) is 7.62. The fourth-order valence-electron chi connectivity index (χ4n) is 4.86. The number of rotatable bonds is 17. The summed E-state index contributed by atoms with van der Waals surface area (Å²) in [7, 11) is -1.05. The lowest BCUT2D eigenvalue weighted by atomic mass is 10.1. The third-order valence-electron chi connectivity index (χ3n) is 7.22. The Morgan fingerprint density at radius 2 is 1.39 bits per heavy atom. The Morgan fingerprint density at radius 1 is 0.722 bits per heavy atom. The van der Waals surface area contributed by atoms with Gasteiger partial charge in [-0.1, -0.05) is 90.4 Å². The third kappa shape index (κ3) is 8.47. The third-order valence-corrected chi connectivity index (χ3v) is 10.6. The first-order valence-corrected chi connectivity index (χ1v) is 17.6. The van der Waals surface area contributed by atoms with Gasteiger partial charge in [0.15, 0.2) is 11.6 Å². The predicted molar refractivity (Wildman–Crippen MR) is 155 cm³/mol. The summed E-state index contributed by atoms with van der Waals surface area (Å²) in [4.78, 5) is 4.55. The van der Waals surface area contributed by atoms with Gasteiger partial charge in [0.2, 0.25) is 0 Å². The molecule has 0 radical (unpaired) electrons. The van der Waals surface area contributed by atoms with Crippen molar-refractivity contribution in [2.45, 2.75) is 103 Å². The van der Waals surface area contributed by atoms with Gasteiger partial charge in [-0.15, -0.1) is 0 Å². The highest BCUT2D eigenvalue weighted by atomic mass is 28.3. The zero-order valence-electron chi connectivity index (χ0n) is 23.0. The van der Waals surface area contributed by atoms with Crippen LogP contribution in [0.25, 0.3) is 21.7 Å². The number of nitrogens with zero attached hydrogens (tertiary/aromatic N) is 1. The molecule has 3 aromatic rings. The van der Waals surface area contributed by atoms with Crippen LogP contribution >= 0.6 is 0 Å². The van der Waals surface area contributed by atoms with Crippen LogP contribution in [0.1, 0.15) is 78.1 Å². The quantitative estimate of drug-likeness (QED) is 0.103. The lowest BCUT2D eigenvalue weighted by molar-refractivity contribution is 0.291. The van der Waals surface area contributed by atoms with Gasteiger partial charge in [-0.25, -0.2) is 4.39 Å². The molecule has 0 fully saturated rings. The van der Waals surface area contributed by atoms with Gasteiger partial charge in [0.25, 0.3) is 0 Å². The molecule has 1 heterocycles. The van der Waals surface area contributed by atoms with Crippen molar-refractivity contribution in [2.75, 3.05) is 13.2 Å². The van der Waals surface area contributed by atoms with Crippen LogP contribution in [0.2, 0.25) is 25.2 Å². The van der Waals surface area contributed by atoms with Crippen LogP contribution in [-0.2, 0) is 0 Å². The van der Waals surface area contributed by atoms with Crippen molar-refractivity contribution >= 4 is 29.7 Å². The number of unbranched alkanes of at least 4 members (excludes halogenated alkanes) is 7. The second-order valence-corrected chi connectivity index (χ2v) is 16.3. The Bertz CT molecular complexity index is 1090. The van der Waals surface area contributed by atoms with Crippen molar-refractivity contribution in [3.63, 3.8) is 0 Å². The maximum absolute atomic E-state index is 15.2. The van der Waals surface area contributed by atoms with Crippen LogP contribution in [-0.4, -0.2) is 26.3 Å². The van der Waals surface area contributed by atoms with Crippen molar-refractivity contribution in [3.05, 3.63) is 42.3 Å². The second-order valence-electron chi connectivity index (χ2n) is 11.0. The van der Waals surface area contributed by atoms with Crippen molar-refractivity contribution in [3.8, 4) is 11.5 Å². The number of halogens is 1. The molecule has 2 aromatic carbocycles. The van der Waals surface area contributed by atoms with Gasteiger partial charge in [0, 0.05) is 31.1 Å². The summed E-state index contributed by atoms with van der Waals surface area (Å²) < 4.78 is 27.0. The summed E-state index contributed by atoms with van der Waals surface area (Å²) in [6.07, 6.45) is 13.7. The average molecular weight is 512 g/mol. The van der Waals surface area contributed by atoms with Crippen LogP contribution in [0.15, 0.2) is 36.5 Å². The SMILES string of the molecule is CCCCCCCCOc1ccc2c(cnc3cc(OCCCC[Si](C)(C)CCCC)ccc32)c1F. The first kappa shape index (κ1) is 28.4. The number of aromatic nitrogens is 1. The molecule has 0 saturated heterocycles. The Kier molecular flexibility index (Phi) is 11.5. The number of hydrogen-bond donors (Lipinski definition) is 0. The van der Waals surface area contributed by atoms with Crippen molar-refractivity contribution in [1.82, 2.24) is 4.98 Å². The molecule has 0 amide bonds. The maximum Gasteiger partial charge on any atom is 0.174 e. The molecule has 198 valence electrons. The lowest BCUT2D eigenvalue weighted by Gasteiger charge is -2.21. The zero-order valence-corrected chi connectivity index (χ0v) is 24.0. The first-order valence-electron chi connectivity index (χ1n) is 14.2. The Balaban J connectivity index is 1.54. The maximum atomic E-state index is 15.2. The van der Waals surface area contributed by atoms with Gasteiger partial charge in [-0.3, -0.25) is 4.98 Å². The number of ether oxygens (including phenoxy) is 2. The van der Waals surface area contributed by atoms with E-state index in [9.17, 15) is 0 Å². The minimum absolute atomic E-state index is 0.318. The highest BCUT2D eigenvalue weighted by molar-refractivity contribution is 6.77. The highest BCUT2D eigenvalue weighted by Crippen LogP contribution is 2.32. The van der Waals surface area contributed by atoms with Crippen LogP contribution in [0.3, 0.4) is 0 Å². The Hall–Kier alpha value is -2.14. The molecule has 0 atom stereocenters. The molecule has 0 bridgehead atoms. The van der Waals surface area contributed by atoms with E-state index in [1.54, 1.807) is 12.3 Å². The number of benzene rings is 2. The van der Waals surface area contributed by atoms with Crippen molar-refractivity contribution < 1.29 is 13.9 Å². The standard InChI is InChI=1S/C31H46FNO2Si/c1-5-7-9-10-11-12-20-35-30-18-17-26-27-16-15-25(23-29(27)33-24-28(26)31(30)32)34-19-13-14-22-36(3,4)21-8-6-2/h15-18,23-24H,5-14,19-22H2,1-4H3. The molecule has 1 aromatic heterocycles. The van der Waals surface area contributed by atoms with Gasteiger partial charge in [-0.2, -0.15) is 0 Å². The Morgan fingerprint density at radius 3 is 2.19 bits per heavy atom. The number of hydrogen-bond acceptors (Lipinski definition) is 3. The topological polar surface area (TPSA) is 31.4 Å². The molecule has 5 heteroatoms. The molecule has 0 aliphatic heterocycles. The molecule has 0 saturated carbocycles. The minimum atomic E-state index is -1.05. The van der Waals surface area contributed by atoms with E-state index in [-0.39, 0.29) is 5.82 Å². The molecule has 0 aliphatic rings. The van der Waals surface area contributed by atoms with E-state index in [1.807, 2.05) is 24.3 Å². The molecule has 3 rings (SSSR count). The van der Waals surface area contributed by atoms with Gasteiger partial charge in [0.05, 0.1) is 18.7 Å². The molecular weight excluding hydrogens is 465 g/mol. The predicted octanol–water partition coefficient (Wildman–Crippen LogP) is 9.93. The van der Waals surface area contributed by atoms with Crippen molar-refractivity contribution in [2.24, 2.45) is 0 Å². The van der Waals surface area contributed by atoms with Gasteiger partial charge in [0.1, 0.15) is 5.75 Å². The molecule has 0 aliphatic carbocycles. The molecule has 3 nitrogen and oxygen atoms in total. The van der Waals surface area contributed by atoms with Crippen LogP contribution < -0.4 is 9.47 Å². The summed E-state index contributed by atoms with van der Waals surface area (Å²) >= 11 is 0. The van der Waals surface area contributed by atoms with Crippen molar-refractivity contribution in [1.29, 1.82) is 0 Å². The second kappa shape index (κ2) is 14.6. The zero-order chi connectivity index (χ0) is 25.8. The van der Waals surface area contributed by atoms with E-state index in [1.165, 1.54) is 57.0 Å². The van der Waals surface area contributed by atoms with Gasteiger partial charge < -0.3 is 9.47 Å². The first-order chi connectivity index (χ1) is 17.4. The largest absolute Gasteiger partial charge is 0.494 e. The normalized spacial score (nSPS) is 11.9. The van der Waals surface area contributed by atoms with Crippen LogP contribution in [0, 0.1) is 5.82 Å². The molecule has 0 spiro atoms. The van der Waals surface area contributed by atoms with E-state index >= 15 is 4.39 Å². The van der Waals surface area contributed by atoms with E-state index in [0.717, 1.165) is 47.9 Å². The van der Waals surface area contributed by atoms with Crippen LogP contribution in [0.4, 0.5) is 4.39 Å². The lowest BCUT2D eigenvalue weighted by Crippen LogP contribution is -2.24. The highest BCUT2D eigenvalue weighted by Gasteiger charge is 2.18. The summed E-state index contributed by atoms with van der Waals surface area (Å²) in [5.74, 6) is 0.827. The Labute approximate surface area is 218 Å². The van der Waals surface area contributed by atoms with E-state index < -0.39 is 8.07 Å². The summed E-state index contributed by atoms with van der Waals surface area (Å²) in [5.41, 5.74) is 0.827. The van der Waals surface area contributed by atoms with Crippen LogP contribution in [0.5, 0.6) is 11.5 Å². The fraction of sp³-hybridized carbons (Fsp3) is 0.581. The van der Waals surface area contributed by atoms with Gasteiger partial charge in [-0.05, 0) is 42.5 Å². The smallest absolute Gasteiger partial charge is 0.174 e. The minimum Gasteiger partial charge on any atom is -0.494 e. The molecule has 0 N–H and O–H groups in total. The average Bonchev–Trinajstić information content (AvgIpc) is 2.87. The molecule has 0 unspecified atom stereocenters. The number of pyridine rings is 1. The molecule has 36 heavy (non-hydrogen) atoms. The summed E-state index contributed by atoms with van der Waals surface area (Å²) in [6.45, 7) is 10.8. The van der Waals surface area contributed by atoms with Gasteiger partial charge >= 0.3 is 0 Å².